The van der Waals surface area contributed by atoms with Gasteiger partial charge in [0.25, 0.3) is 0 Å². The van der Waals surface area contributed by atoms with E-state index in [1.165, 1.54) is 12.8 Å². The van der Waals surface area contributed by atoms with Crippen molar-refractivity contribution in [2.45, 2.75) is 26.7 Å². The van der Waals surface area contributed by atoms with Crippen LogP contribution in [0, 0.1) is 5.92 Å². The SMILES string of the molecule is C=CC=CC=CCC(C)CC. The van der Waals surface area contributed by atoms with Gasteiger partial charge in [0.2, 0.25) is 0 Å². The first-order valence-electron chi connectivity index (χ1n) is 4.25. The van der Waals surface area contributed by atoms with Crippen molar-refractivity contribution >= 4 is 0 Å². The van der Waals surface area contributed by atoms with E-state index < -0.39 is 0 Å². The van der Waals surface area contributed by atoms with Gasteiger partial charge in [-0.3, -0.25) is 0 Å². The van der Waals surface area contributed by atoms with Crippen molar-refractivity contribution in [3.05, 3.63) is 37.0 Å². The highest BCUT2D eigenvalue weighted by Gasteiger charge is 1.91. The predicted octanol–water partition coefficient (Wildman–Crippen LogP) is 3.72. The average molecular weight is 150 g/mol. The third kappa shape index (κ3) is 7.11. The number of hydrogen-bond acceptors (Lipinski definition) is 0. The van der Waals surface area contributed by atoms with Gasteiger partial charge in [0.1, 0.15) is 0 Å². The van der Waals surface area contributed by atoms with Crippen molar-refractivity contribution in [1.29, 1.82) is 0 Å². The summed E-state index contributed by atoms with van der Waals surface area (Å²) in [6.45, 7) is 8.07. The second kappa shape index (κ2) is 7.33. The minimum Gasteiger partial charge on any atom is -0.0991 e. The van der Waals surface area contributed by atoms with E-state index in [0.717, 1.165) is 5.92 Å². The van der Waals surface area contributed by atoms with Gasteiger partial charge in [0.15, 0.2) is 0 Å². The summed E-state index contributed by atoms with van der Waals surface area (Å²) >= 11 is 0. The Morgan fingerprint density at radius 2 is 2.00 bits per heavy atom. The molecule has 0 radical (unpaired) electrons. The third-order valence-corrected chi connectivity index (χ3v) is 1.73. The second-order valence-electron chi connectivity index (χ2n) is 2.80. The first-order chi connectivity index (χ1) is 5.31. The lowest BCUT2D eigenvalue weighted by Crippen LogP contribution is -1.87. The van der Waals surface area contributed by atoms with Gasteiger partial charge < -0.3 is 0 Å². The zero-order chi connectivity index (χ0) is 8.53. The van der Waals surface area contributed by atoms with E-state index >= 15 is 0 Å². The van der Waals surface area contributed by atoms with E-state index in [2.05, 4.69) is 32.6 Å². The van der Waals surface area contributed by atoms with E-state index in [4.69, 9.17) is 0 Å². The highest BCUT2D eigenvalue weighted by atomic mass is 14.0. The predicted molar refractivity (Wildman–Crippen MR) is 52.5 cm³/mol. The number of allylic oxidation sites excluding steroid dienone is 5. The molecule has 0 aromatic carbocycles. The van der Waals surface area contributed by atoms with E-state index in [9.17, 15) is 0 Å². The summed E-state index contributed by atoms with van der Waals surface area (Å²) in [5.41, 5.74) is 0. The molecule has 0 aromatic heterocycles. The van der Waals surface area contributed by atoms with E-state index in [-0.39, 0.29) is 0 Å². The maximum atomic E-state index is 3.59. The smallest absolute Gasteiger partial charge is 0.0322 e. The van der Waals surface area contributed by atoms with Crippen molar-refractivity contribution in [2.24, 2.45) is 5.92 Å². The summed E-state index contributed by atoms with van der Waals surface area (Å²) in [6.07, 6.45) is 12.4. The highest BCUT2D eigenvalue weighted by molar-refractivity contribution is 5.08. The van der Waals surface area contributed by atoms with E-state index in [1.807, 2.05) is 12.2 Å². The van der Waals surface area contributed by atoms with Gasteiger partial charge in [-0.25, -0.2) is 0 Å². The Morgan fingerprint density at radius 1 is 1.27 bits per heavy atom. The molecule has 0 aromatic rings. The quantitative estimate of drug-likeness (QED) is 0.524. The molecule has 0 spiro atoms. The van der Waals surface area contributed by atoms with Gasteiger partial charge in [-0.05, 0) is 12.3 Å². The molecule has 0 heterocycles. The highest BCUT2D eigenvalue weighted by Crippen LogP contribution is 2.06. The Balaban J connectivity index is 3.43. The Hall–Kier alpha value is -0.780. The molecule has 0 saturated carbocycles. The fourth-order valence-corrected chi connectivity index (χ4v) is 0.699. The molecule has 0 bridgehead atoms. The van der Waals surface area contributed by atoms with Crippen LogP contribution in [0.15, 0.2) is 37.0 Å². The molecule has 0 rings (SSSR count). The Bertz CT molecular complexity index is 140. The van der Waals surface area contributed by atoms with Crippen LogP contribution in [-0.4, -0.2) is 0 Å². The maximum absolute atomic E-state index is 3.59. The molecule has 0 nitrogen and oxygen atoms in total. The summed E-state index contributed by atoms with van der Waals surface area (Å²) in [5, 5.41) is 0. The average Bonchev–Trinajstić information content (AvgIpc) is 2.04. The molecule has 62 valence electrons. The van der Waals surface area contributed by atoms with Gasteiger partial charge in [-0.15, -0.1) is 0 Å². The second-order valence-corrected chi connectivity index (χ2v) is 2.80. The monoisotopic (exact) mass is 150 g/mol. The minimum absolute atomic E-state index is 0.809. The Kier molecular flexibility index (Phi) is 6.81. The topological polar surface area (TPSA) is 0 Å². The van der Waals surface area contributed by atoms with Crippen LogP contribution >= 0.6 is 0 Å². The zero-order valence-corrected chi connectivity index (χ0v) is 7.59. The summed E-state index contributed by atoms with van der Waals surface area (Å²) in [5.74, 6) is 0.809. The van der Waals surface area contributed by atoms with E-state index in [1.54, 1.807) is 6.08 Å². The van der Waals surface area contributed by atoms with Gasteiger partial charge in [0, 0.05) is 0 Å². The van der Waals surface area contributed by atoms with Crippen LogP contribution in [-0.2, 0) is 0 Å². The van der Waals surface area contributed by atoms with Gasteiger partial charge >= 0.3 is 0 Å². The molecule has 0 aliphatic carbocycles. The lowest BCUT2D eigenvalue weighted by molar-refractivity contribution is 0.572. The maximum Gasteiger partial charge on any atom is -0.0322 e. The van der Waals surface area contributed by atoms with E-state index in [0.29, 0.717) is 0 Å². The Labute approximate surface area is 70.3 Å². The molecule has 0 aliphatic heterocycles. The molecule has 0 fully saturated rings. The molecular formula is C11H18. The van der Waals surface area contributed by atoms with Gasteiger partial charge in [-0.2, -0.15) is 0 Å². The van der Waals surface area contributed by atoms with Crippen LogP contribution < -0.4 is 0 Å². The molecule has 1 unspecified atom stereocenters. The fourth-order valence-electron chi connectivity index (χ4n) is 0.699. The van der Waals surface area contributed by atoms with Crippen LogP contribution in [0.25, 0.3) is 0 Å². The van der Waals surface area contributed by atoms with Crippen molar-refractivity contribution in [3.63, 3.8) is 0 Å². The molecular weight excluding hydrogens is 132 g/mol. The van der Waals surface area contributed by atoms with Crippen molar-refractivity contribution in [1.82, 2.24) is 0 Å². The fraction of sp³-hybridized carbons (Fsp3) is 0.455. The van der Waals surface area contributed by atoms with Crippen LogP contribution in [0.5, 0.6) is 0 Å². The van der Waals surface area contributed by atoms with Crippen LogP contribution in [0.3, 0.4) is 0 Å². The largest absolute Gasteiger partial charge is 0.0991 e. The van der Waals surface area contributed by atoms with Crippen molar-refractivity contribution in [3.8, 4) is 0 Å². The first kappa shape index (κ1) is 10.2. The summed E-state index contributed by atoms with van der Waals surface area (Å²) in [4.78, 5) is 0. The Morgan fingerprint density at radius 3 is 2.55 bits per heavy atom. The molecule has 0 aliphatic rings. The molecule has 0 N–H and O–H groups in total. The standard InChI is InChI=1S/C11H18/c1-4-6-7-8-9-10-11(3)5-2/h4,6-9,11H,1,5,10H2,2-3H3. The summed E-state index contributed by atoms with van der Waals surface area (Å²) in [7, 11) is 0. The summed E-state index contributed by atoms with van der Waals surface area (Å²) < 4.78 is 0. The molecule has 0 saturated heterocycles. The summed E-state index contributed by atoms with van der Waals surface area (Å²) in [6, 6.07) is 0. The molecule has 11 heavy (non-hydrogen) atoms. The van der Waals surface area contributed by atoms with Gasteiger partial charge in [-0.1, -0.05) is 57.2 Å². The zero-order valence-electron chi connectivity index (χ0n) is 7.59. The lowest BCUT2D eigenvalue weighted by Gasteiger charge is -2.01. The number of hydrogen-bond donors (Lipinski definition) is 0. The lowest BCUT2D eigenvalue weighted by atomic mass is 10.1. The first-order valence-corrected chi connectivity index (χ1v) is 4.25. The van der Waals surface area contributed by atoms with Crippen molar-refractivity contribution in [2.75, 3.05) is 0 Å². The van der Waals surface area contributed by atoms with Crippen LogP contribution in [0.1, 0.15) is 26.7 Å². The van der Waals surface area contributed by atoms with Crippen LogP contribution in [0.4, 0.5) is 0 Å². The van der Waals surface area contributed by atoms with Crippen molar-refractivity contribution < 1.29 is 0 Å². The third-order valence-electron chi connectivity index (χ3n) is 1.73. The molecule has 0 heteroatoms. The minimum atomic E-state index is 0.809. The number of rotatable bonds is 5. The normalized spacial score (nSPS) is 14.4. The molecule has 1 atom stereocenters. The van der Waals surface area contributed by atoms with Gasteiger partial charge in [0.05, 0.1) is 0 Å². The molecule has 0 amide bonds. The van der Waals surface area contributed by atoms with Crippen LogP contribution in [0.2, 0.25) is 0 Å².